The molecule has 2 rings (SSSR count). The quantitative estimate of drug-likeness (QED) is 0.838. The van der Waals surface area contributed by atoms with Crippen LogP contribution in [0.25, 0.3) is 0 Å². The van der Waals surface area contributed by atoms with E-state index in [1.165, 1.54) is 0 Å². The Hall–Kier alpha value is -1.22. The standard InChI is InChI=1S/C16H20ClNO3S/c17-15-10-4-5-11-16(15)21-13-7-6-12-18-22(19,20)14-8-2-1-3-9-14/h4-5,10-11,14,18H,1-3,8-9,12-13H2. The summed E-state index contributed by atoms with van der Waals surface area (Å²) < 4.78 is 32.1. The van der Waals surface area contributed by atoms with Crippen molar-refractivity contribution in [1.82, 2.24) is 4.72 Å². The predicted octanol–water partition coefficient (Wildman–Crippen LogP) is 2.97. The van der Waals surface area contributed by atoms with E-state index in [1.807, 2.05) is 12.1 Å². The maximum Gasteiger partial charge on any atom is 0.215 e. The average Bonchev–Trinajstić information content (AvgIpc) is 2.53. The first-order chi connectivity index (χ1) is 10.6. The number of para-hydroxylation sites is 1. The number of rotatable bonds is 5. The van der Waals surface area contributed by atoms with Gasteiger partial charge in [-0.1, -0.05) is 54.8 Å². The fraction of sp³-hybridized carbons (Fsp3) is 0.500. The number of ether oxygens (including phenoxy) is 1. The smallest absolute Gasteiger partial charge is 0.215 e. The molecule has 1 aromatic rings. The van der Waals surface area contributed by atoms with Crippen LogP contribution < -0.4 is 9.46 Å². The van der Waals surface area contributed by atoms with Crippen molar-refractivity contribution in [1.29, 1.82) is 0 Å². The Morgan fingerprint density at radius 3 is 2.64 bits per heavy atom. The predicted molar refractivity (Wildman–Crippen MR) is 88.5 cm³/mol. The molecule has 0 amide bonds. The van der Waals surface area contributed by atoms with Crippen molar-refractivity contribution in [2.75, 3.05) is 13.2 Å². The first kappa shape index (κ1) is 17.1. The molecule has 0 saturated heterocycles. The molecule has 0 bridgehead atoms. The SMILES string of the molecule is O=S(=O)(NCC#CCOc1ccccc1Cl)C1CCCCC1. The Kier molecular flexibility index (Phi) is 6.56. The van der Waals surface area contributed by atoms with Crippen LogP contribution in [0.2, 0.25) is 5.02 Å². The Bertz CT molecular complexity index is 643. The fourth-order valence-corrected chi connectivity index (χ4v) is 4.07. The van der Waals surface area contributed by atoms with Gasteiger partial charge in [-0.25, -0.2) is 13.1 Å². The third kappa shape index (κ3) is 5.20. The molecule has 120 valence electrons. The lowest BCUT2D eigenvalue weighted by molar-refractivity contribution is 0.370. The van der Waals surface area contributed by atoms with E-state index >= 15 is 0 Å². The lowest BCUT2D eigenvalue weighted by atomic mass is 10.0. The minimum Gasteiger partial charge on any atom is -0.479 e. The summed E-state index contributed by atoms with van der Waals surface area (Å²) in [6.07, 6.45) is 4.60. The highest BCUT2D eigenvalue weighted by atomic mass is 35.5. The van der Waals surface area contributed by atoms with E-state index in [9.17, 15) is 8.42 Å². The number of nitrogens with one attached hydrogen (secondary N) is 1. The van der Waals surface area contributed by atoms with Crippen molar-refractivity contribution < 1.29 is 13.2 Å². The van der Waals surface area contributed by atoms with Crippen molar-refractivity contribution in [3.8, 4) is 17.6 Å². The van der Waals surface area contributed by atoms with E-state index in [-0.39, 0.29) is 18.4 Å². The lowest BCUT2D eigenvalue weighted by Crippen LogP contribution is -2.35. The molecule has 0 radical (unpaired) electrons. The van der Waals surface area contributed by atoms with Crippen LogP contribution in [-0.2, 0) is 10.0 Å². The maximum atomic E-state index is 12.1. The minimum atomic E-state index is -3.24. The van der Waals surface area contributed by atoms with E-state index in [4.69, 9.17) is 16.3 Å². The molecule has 6 heteroatoms. The molecule has 0 atom stereocenters. The first-order valence-corrected chi connectivity index (χ1v) is 9.33. The Labute approximate surface area is 137 Å². The third-order valence-corrected chi connectivity index (χ3v) is 5.82. The fourth-order valence-electron chi connectivity index (χ4n) is 2.42. The molecule has 1 aromatic carbocycles. The van der Waals surface area contributed by atoms with Gasteiger partial charge < -0.3 is 4.74 Å². The largest absolute Gasteiger partial charge is 0.479 e. The van der Waals surface area contributed by atoms with Gasteiger partial charge in [0.1, 0.15) is 12.4 Å². The molecule has 1 N–H and O–H groups in total. The number of hydrogen-bond donors (Lipinski definition) is 1. The number of halogens is 1. The van der Waals surface area contributed by atoms with E-state index in [2.05, 4.69) is 16.6 Å². The number of benzene rings is 1. The molecule has 0 aromatic heterocycles. The Balaban J connectivity index is 1.73. The highest BCUT2D eigenvalue weighted by Crippen LogP contribution is 2.23. The first-order valence-electron chi connectivity index (χ1n) is 7.41. The van der Waals surface area contributed by atoms with Crippen LogP contribution in [0.1, 0.15) is 32.1 Å². The summed E-state index contributed by atoms with van der Waals surface area (Å²) in [6.45, 7) is 0.291. The molecule has 0 spiro atoms. The van der Waals surface area contributed by atoms with E-state index < -0.39 is 10.0 Å². The molecule has 0 aliphatic heterocycles. The van der Waals surface area contributed by atoms with Gasteiger partial charge in [-0.3, -0.25) is 0 Å². The van der Waals surface area contributed by atoms with Crippen LogP contribution in [-0.4, -0.2) is 26.8 Å². The minimum absolute atomic E-state index is 0.116. The lowest BCUT2D eigenvalue weighted by Gasteiger charge is -2.21. The van der Waals surface area contributed by atoms with Crippen molar-refractivity contribution in [2.24, 2.45) is 0 Å². The summed E-state index contributed by atoms with van der Waals surface area (Å²) in [5.74, 6) is 6.11. The molecule has 0 unspecified atom stereocenters. The average molecular weight is 342 g/mol. The van der Waals surface area contributed by atoms with Gasteiger partial charge in [0.2, 0.25) is 10.0 Å². The second-order valence-electron chi connectivity index (χ2n) is 5.20. The van der Waals surface area contributed by atoms with Crippen molar-refractivity contribution in [3.05, 3.63) is 29.3 Å². The maximum absolute atomic E-state index is 12.1. The van der Waals surface area contributed by atoms with Crippen LogP contribution in [0.15, 0.2) is 24.3 Å². The van der Waals surface area contributed by atoms with Gasteiger partial charge >= 0.3 is 0 Å². The summed E-state index contributed by atoms with van der Waals surface area (Å²) in [5.41, 5.74) is 0. The summed E-state index contributed by atoms with van der Waals surface area (Å²) in [4.78, 5) is 0. The Morgan fingerprint density at radius 2 is 1.91 bits per heavy atom. The topological polar surface area (TPSA) is 55.4 Å². The van der Waals surface area contributed by atoms with Crippen molar-refractivity contribution in [3.63, 3.8) is 0 Å². The molecule has 1 aliphatic carbocycles. The van der Waals surface area contributed by atoms with E-state index in [0.717, 1.165) is 32.1 Å². The van der Waals surface area contributed by atoms with Gasteiger partial charge in [-0.15, -0.1) is 0 Å². The zero-order valence-corrected chi connectivity index (χ0v) is 13.9. The van der Waals surface area contributed by atoms with Crippen LogP contribution in [0.3, 0.4) is 0 Å². The zero-order valence-electron chi connectivity index (χ0n) is 12.3. The monoisotopic (exact) mass is 341 g/mol. The van der Waals surface area contributed by atoms with Gasteiger partial charge in [0.25, 0.3) is 0 Å². The second-order valence-corrected chi connectivity index (χ2v) is 7.65. The molecular formula is C16H20ClNO3S. The molecule has 4 nitrogen and oxygen atoms in total. The normalized spacial score (nSPS) is 15.9. The summed E-state index contributed by atoms with van der Waals surface area (Å²) in [5, 5.41) is 0.268. The molecule has 1 fully saturated rings. The molecular weight excluding hydrogens is 322 g/mol. The van der Waals surface area contributed by atoms with Gasteiger partial charge in [0.05, 0.1) is 16.8 Å². The Morgan fingerprint density at radius 1 is 1.18 bits per heavy atom. The highest BCUT2D eigenvalue weighted by molar-refractivity contribution is 7.90. The van der Waals surface area contributed by atoms with E-state index in [0.29, 0.717) is 10.8 Å². The van der Waals surface area contributed by atoms with Gasteiger partial charge in [0.15, 0.2) is 0 Å². The van der Waals surface area contributed by atoms with Gasteiger partial charge in [-0.2, -0.15) is 0 Å². The number of sulfonamides is 1. The number of hydrogen-bond acceptors (Lipinski definition) is 3. The summed E-state index contributed by atoms with van der Waals surface area (Å²) >= 11 is 5.95. The molecule has 1 aliphatic rings. The molecule has 1 saturated carbocycles. The molecule has 0 heterocycles. The van der Waals surface area contributed by atoms with Gasteiger partial charge in [0, 0.05) is 0 Å². The van der Waals surface area contributed by atoms with Gasteiger partial charge in [-0.05, 0) is 25.0 Å². The van der Waals surface area contributed by atoms with Crippen LogP contribution in [0.5, 0.6) is 5.75 Å². The van der Waals surface area contributed by atoms with Crippen LogP contribution in [0.4, 0.5) is 0 Å². The van der Waals surface area contributed by atoms with Crippen molar-refractivity contribution >= 4 is 21.6 Å². The van der Waals surface area contributed by atoms with E-state index in [1.54, 1.807) is 12.1 Å². The van der Waals surface area contributed by atoms with Crippen molar-refractivity contribution in [2.45, 2.75) is 37.4 Å². The third-order valence-electron chi connectivity index (χ3n) is 3.61. The van der Waals surface area contributed by atoms with Crippen LogP contribution in [0, 0.1) is 11.8 Å². The highest BCUT2D eigenvalue weighted by Gasteiger charge is 2.26. The summed E-state index contributed by atoms with van der Waals surface area (Å²) in [6, 6.07) is 7.15. The zero-order chi connectivity index (χ0) is 15.8. The van der Waals surface area contributed by atoms with Crippen LogP contribution >= 0.6 is 11.6 Å². The second kappa shape index (κ2) is 8.42. The molecule has 22 heavy (non-hydrogen) atoms. The summed E-state index contributed by atoms with van der Waals surface area (Å²) in [7, 11) is -3.24.